The molecule has 0 bridgehead atoms. The number of unbranched alkanes of at least 4 members (excludes halogenated alkanes) is 1. The van der Waals surface area contributed by atoms with Crippen LogP contribution in [-0.2, 0) is 4.43 Å². The van der Waals surface area contributed by atoms with Gasteiger partial charge < -0.3 is 4.43 Å². The molecule has 1 atom stereocenters. The van der Waals surface area contributed by atoms with E-state index in [1.165, 1.54) is 18.9 Å². The van der Waals surface area contributed by atoms with Crippen molar-refractivity contribution >= 4 is 8.32 Å². The fourth-order valence-corrected chi connectivity index (χ4v) is 3.69. The predicted octanol–water partition coefficient (Wildman–Crippen LogP) is 3.12. The molecule has 0 saturated carbocycles. The summed E-state index contributed by atoms with van der Waals surface area (Å²) in [5.41, 5.74) is 2.07. The van der Waals surface area contributed by atoms with Crippen molar-refractivity contribution in [3.8, 4) is 0 Å². The summed E-state index contributed by atoms with van der Waals surface area (Å²) in [4.78, 5) is 0. The summed E-state index contributed by atoms with van der Waals surface area (Å²) < 4.78 is 5.56. The van der Waals surface area contributed by atoms with Crippen molar-refractivity contribution in [3.63, 3.8) is 0 Å². The Balaban J connectivity index is 3.94. The molecule has 0 heterocycles. The first-order valence-electron chi connectivity index (χ1n) is 4.43. The van der Waals surface area contributed by atoms with E-state index in [-0.39, 0.29) is 0 Å². The third-order valence-corrected chi connectivity index (χ3v) is 6.28. The molecule has 0 aromatic rings. The van der Waals surface area contributed by atoms with Crippen molar-refractivity contribution in [2.75, 3.05) is 7.11 Å². The Bertz CT molecular complexity index is 108. The lowest BCUT2D eigenvalue weighted by atomic mass is 10.4. The van der Waals surface area contributed by atoms with Gasteiger partial charge >= 0.3 is 0 Å². The molecule has 0 fully saturated rings. The van der Waals surface area contributed by atoms with Crippen LogP contribution in [0.5, 0.6) is 0 Å². The maximum Gasteiger partial charge on any atom is 0.215 e. The van der Waals surface area contributed by atoms with Gasteiger partial charge in [0, 0.05) is 7.11 Å². The third-order valence-electron chi connectivity index (χ3n) is 2.33. The van der Waals surface area contributed by atoms with Crippen LogP contribution in [-0.4, -0.2) is 15.4 Å². The Morgan fingerprint density at radius 3 is 2.36 bits per heavy atom. The Kier molecular flexibility index (Phi) is 5.51. The van der Waals surface area contributed by atoms with E-state index in [4.69, 9.17) is 4.43 Å². The normalized spacial score (nSPS) is 15.9. The van der Waals surface area contributed by atoms with E-state index in [1.807, 2.05) is 7.11 Å². The first kappa shape index (κ1) is 10.9. The van der Waals surface area contributed by atoms with Crippen LogP contribution in [0.4, 0.5) is 0 Å². The molecule has 2 heteroatoms. The Morgan fingerprint density at radius 1 is 1.45 bits per heavy atom. The second-order valence-corrected chi connectivity index (χ2v) is 7.08. The summed E-state index contributed by atoms with van der Waals surface area (Å²) in [6.07, 6.45) is 2.53. The Labute approximate surface area is 71.6 Å². The van der Waals surface area contributed by atoms with Crippen LogP contribution in [0.1, 0.15) is 26.7 Å². The van der Waals surface area contributed by atoms with Gasteiger partial charge in [-0.15, -0.1) is 6.58 Å². The van der Waals surface area contributed by atoms with Gasteiger partial charge in [0.15, 0.2) is 0 Å². The fraction of sp³-hybridized carbons (Fsp3) is 0.778. The molecule has 0 radical (unpaired) electrons. The largest absolute Gasteiger partial charge is 0.416 e. The summed E-state index contributed by atoms with van der Waals surface area (Å²) in [7, 11) is 0.352. The summed E-state index contributed by atoms with van der Waals surface area (Å²) in [6, 6.07) is 2.40. The monoisotopic (exact) mass is 172 g/mol. The first-order chi connectivity index (χ1) is 5.24. The zero-order valence-electron chi connectivity index (χ0n) is 8.02. The molecule has 0 amide bonds. The number of hydrogen-bond acceptors (Lipinski definition) is 1. The smallest absolute Gasteiger partial charge is 0.215 e. The summed E-state index contributed by atoms with van der Waals surface area (Å²) in [6.45, 7) is 8.28. The molecular formula is C9H20OSi. The highest BCUT2D eigenvalue weighted by atomic mass is 28.4. The molecule has 66 valence electrons. The van der Waals surface area contributed by atoms with E-state index in [2.05, 4.69) is 26.1 Å². The van der Waals surface area contributed by atoms with Gasteiger partial charge in [-0.1, -0.05) is 32.4 Å². The van der Waals surface area contributed by atoms with E-state index >= 15 is 0 Å². The highest BCUT2D eigenvalue weighted by molar-refractivity contribution is 6.78. The maximum atomic E-state index is 5.56. The van der Waals surface area contributed by atoms with E-state index < -0.39 is 8.32 Å². The second-order valence-electron chi connectivity index (χ2n) is 2.93. The molecule has 0 aliphatic heterocycles. The minimum absolute atomic E-state index is 1.16. The average Bonchev–Trinajstić information content (AvgIpc) is 2.08. The first-order valence-corrected chi connectivity index (χ1v) is 6.83. The van der Waals surface area contributed by atoms with Crippen molar-refractivity contribution in [1.29, 1.82) is 0 Å². The van der Waals surface area contributed by atoms with Crippen LogP contribution < -0.4 is 0 Å². The van der Waals surface area contributed by atoms with Crippen molar-refractivity contribution in [2.24, 2.45) is 0 Å². The van der Waals surface area contributed by atoms with Crippen LogP contribution in [0.2, 0.25) is 12.1 Å². The summed E-state index contributed by atoms with van der Waals surface area (Å²) in [5.74, 6) is 0. The van der Waals surface area contributed by atoms with Gasteiger partial charge in [0.2, 0.25) is 8.32 Å². The van der Waals surface area contributed by atoms with E-state index in [9.17, 15) is 0 Å². The Morgan fingerprint density at radius 2 is 2.09 bits per heavy atom. The summed E-state index contributed by atoms with van der Waals surface area (Å²) >= 11 is 0. The lowest BCUT2D eigenvalue weighted by molar-refractivity contribution is 0.401. The lowest BCUT2D eigenvalue weighted by Gasteiger charge is -2.23. The zero-order valence-corrected chi connectivity index (χ0v) is 9.02. The van der Waals surface area contributed by atoms with Crippen molar-refractivity contribution in [1.82, 2.24) is 0 Å². The van der Waals surface area contributed by atoms with Gasteiger partial charge in [0.05, 0.1) is 0 Å². The predicted molar refractivity (Wildman–Crippen MR) is 53.2 cm³/mol. The van der Waals surface area contributed by atoms with Gasteiger partial charge in [-0.2, -0.15) is 0 Å². The lowest BCUT2D eigenvalue weighted by Crippen LogP contribution is -2.33. The van der Waals surface area contributed by atoms with Gasteiger partial charge in [-0.3, -0.25) is 0 Å². The minimum Gasteiger partial charge on any atom is -0.416 e. The van der Waals surface area contributed by atoms with Crippen molar-refractivity contribution in [3.05, 3.63) is 12.3 Å². The highest BCUT2D eigenvalue weighted by Crippen LogP contribution is 2.19. The van der Waals surface area contributed by atoms with Crippen LogP contribution in [0.25, 0.3) is 0 Å². The van der Waals surface area contributed by atoms with Gasteiger partial charge in [-0.05, 0) is 12.1 Å². The highest BCUT2D eigenvalue weighted by Gasteiger charge is 2.26. The van der Waals surface area contributed by atoms with E-state index in [0.29, 0.717) is 0 Å². The molecule has 0 spiro atoms. The fourth-order valence-electron chi connectivity index (χ4n) is 1.23. The maximum absolute atomic E-state index is 5.56. The molecule has 0 N–H and O–H groups in total. The van der Waals surface area contributed by atoms with Crippen LogP contribution in [0.3, 0.4) is 0 Å². The quantitative estimate of drug-likeness (QED) is 0.559. The van der Waals surface area contributed by atoms with E-state index in [0.717, 1.165) is 6.04 Å². The molecule has 1 nitrogen and oxygen atoms in total. The number of rotatable bonds is 6. The average molecular weight is 172 g/mol. The van der Waals surface area contributed by atoms with E-state index in [1.54, 1.807) is 0 Å². The zero-order chi connectivity index (χ0) is 8.74. The summed E-state index contributed by atoms with van der Waals surface area (Å²) in [5, 5.41) is 0. The Hall–Kier alpha value is -0.0831. The molecule has 0 saturated heterocycles. The van der Waals surface area contributed by atoms with Crippen molar-refractivity contribution in [2.45, 2.75) is 38.8 Å². The van der Waals surface area contributed by atoms with Gasteiger partial charge in [0.25, 0.3) is 0 Å². The molecular weight excluding hydrogens is 152 g/mol. The van der Waals surface area contributed by atoms with Crippen LogP contribution in [0.15, 0.2) is 12.3 Å². The molecule has 0 aliphatic rings. The van der Waals surface area contributed by atoms with Gasteiger partial charge in [-0.25, -0.2) is 0 Å². The third kappa shape index (κ3) is 3.21. The topological polar surface area (TPSA) is 9.23 Å². The number of hydrogen-bond donors (Lipinski definition) is 0. The molecule has 11 heavy (non-hydrogen) atoms. The minimum atomic E-state index is -1.47. The SMILES string of the molecule is C=C[Si](CC)(CCCC)OC. The molecule has 0 rings (SSSR count). The molecule has 0 aliphatic carbocycles. The van der Waals surface area contributed by atoms with Crippen LogP contribution >= 0.6 is 0 Å². The molecule has 1 unspecified atom stereocenters. The van der Waals surface area contributed by atoms with Crippen LogP contribution in [0, 0.1) is 0 Å². The molecule has 0 aromatic heterocycles. The standard InChI is InChI=1S/C9H20OSi/c1-5-8-9-11(6-2,7-3)10-4/h6H,2,5,7-9H2,1,3-4H3. The van der Waals surface area contributed by atoms with Gasteiger partial charge in [0.1, 0.15) is 0 Å². The molecule has 0 aromatic carbocycles. The van der Waals surface area contributed by atoms with Crippen molar-refractivity contribution < 1.29 is 4.43 Å². The second kappa shape index (κ2) is 5.55.